The van der Waals surface area contributed by atoms with Crippen molar-refractivity contribution in [2.75, 3.05) is 53.1 Å². The molecule has 6 heteroatoms. The van der Waals surface area contributed by atoms with Crippen LogP contribution in [0.15, 0.2) is 0 Å². The van der Waals surface area contributed by atoms with Gasteiger partial charge < -0.3 is 24.4 Å². The second-order valence-corrected chi connectivity index (χ2v) is 4.66. The summed E-state index contributed by atoms with van der Waals surface area (Å²) in [6.45, 7) is 4.47. The van der Waals surface area contributed by atoms with E-state index in [4.69, 9.17) is 14.2 Å². The number of rotatable bonds is 5. The Morgan fingerprint density at radius 2 is 2.00 bits per heavy atom. The average molecular weight is 258 g/mol. The minimum Gasteiger partial charge on any atom is -0.383 e. The number of nitrogens with one attached hydrogen (secondary N) is 1. The summed E-state index contributed by atoms with van der Waals surface area (Å²) in [5.41, 5.74) is 0. The molecule has 0 aromatic rings. The molecule has 0 radical (unpaired) electrons. The molecule has 2 saturated heterocycles. The number of nitrogens with zero attached hydrogens (tertiary/aromatic N) is 1. The SMILES string of the molecule is COCCNCC(=O)N1CCC2(CC1)OCCO2. The highest BCUT2D eigenvalue weighted by Gasteiger charge is 2.40. The highest BCUT2D eigenvalue weighted by atomic mass is 16.7. The van der Waals surface area contributed by atoms with Crippen LogP contribution < -0.4 is 5.32 Å². The summed E-state index contributed by atoms with van der Waals surface area (Å²) in [5.74, 6) is -0.265. The summed E-state index contributed by atoms with van der Waals surface area (Å²) in [5, 5.41) is 3.07. The third-order valence-electron chi connectivity index (χ3n) is 3.45. The van der Waals surface area contributed by atoms with E-state index in [1.165, 1.54) is 0 Å². The van der Waals surface area contributed by atoms with Crippen LogP contribution in [0.4, 0.5) is 0 Å². The standard InChI is InChI=1S/C12H22N2O4/c1-16-7-4-13-10-11(15)14-5-2-12(3-6-14)17-8-9-18-12/h13H,2-10H2,1H3. The molecular formula is C12H22N2O4. The Morgan fingerprint density at radius 3 is 2.61 bits per heavy atom. The molecule has 2 aliphatic rings. The van der Waals surface area contributed by atoms with E-state index in [1.807, 2.05) is 4.90 Å². The maximum absolute atomic E-state index is 11.9. The molecule has 0 saturated carbocycles. The molecule has 2 fully saturated rings. The van der Waals surface area contributed by atoms with E-state index in [9.17, 15) is 4.79 Å². The summed E-state index contributed by atoms with van der Waals surface area (Å²) < 4.78 is 16.2. The van der Waals surface area contributed by atoms with Crippen molar-refractivity contribution >= 4 is 5.91 Å². The zero-order valence-electron chi connectivity index (χ0n) is 10.9. The van der Waals surface area contributed by atoms with Crippen LogP contribution in [0.1, 0.15) is 12.8 Å². The van der Waals surface area contributed by atoms with Crippen molar-refractivity contribution in [1.82, 2.24) is 10.2 Å². The van der Waals surface area contributed by atoms with Gasteiger partial charge in [0.15, 0.2) is 5.79 Å². The first-order valence-electron chi connectivity index (χ1n) is 6.51. The van der Waals surface area contributed by atoms with Gasteiger partial charge in [-0.05, 0) is 0 Å². The van der Waals surface area contributed by atoms with E-state index in [1.54, 1.807) is 7.11 Å². The van der Waals surface area contributed by atoms with Gasteiger partial charge in [0.1, 0.15) is 0 Å². The van der Waals surface area contributed by atoms with E-state index >= 15 is 0 Å². The molecule has 0 unspecified atom stereocenters. The molecule has 2 rings (SSSR count). The van der Waals surface area contributed by atoms with Crippen LogP contribution >= 0.6 is 0 Å². The fourth-order valence-corrected chi connectivity index (χ4v) is 2.36. The number of carbonyl (C=O) groups is 1. The lowest BCUT2D eigenvalue weighted by atomic mass is 10.0. The minimum atomic E-state index is -0.403. The van der Waals surface area contributed by atoms with Gasteiger partial charge in [-0.15, -0.1) is 0 Å². The van der Waals surface area contributed by atoms with Crippen LogP contribution in [-0.4, -0.2) is 69.7 Å². The highest BCUT2D eigenvalue weighted by Crippen LogP contribution is 2.31. The van der Waals surface area contributed by atoms with E-state index < -0.39 is 5.79 Å². The normalized spacial score (nSPS) is 22.6. The van der Waals surface area contributed by atoms with Gasteiger partial charge >= 0.3 is 0 Å². The third-order valence-corrected chi connectivity index (χ3v) is 3.45. The number of hydrogen-bond donors (Lipinski definition) is 1. The zero-order valence-corrected chi connectivity index (χ0v) is 10.9. The Balaban J connectivity index is 1.67. The molecule has 0 bridgehead atoms. The molecule has 2 heterocycles. The summed E-state index contributed by atoms with van der Waals surface area (Å²) in [4.78, 5) is 13.8. The van der Waals surface area contributed by atoms with Crippen molar-refractivity contribution in [2.45, 2.75) is 18.6 Å². The molecule has 0 aromatic carbocycles. The van der Waals surface area contributed by atoms with Crippen LogP contribution in [0.2, 0.25) is 0 Å². The van der Waals surface area contributed by atoms with Crippen molar-refractivity contribution in [1.29, 1.82) is 0 Å². The Labute approximate surface area is 108 Å². The smallest absolute Gasteiger partial charge is 0.236 e. The van der Waals surface area contributed by atoms with Gasteiger partial charge in [-0.2, -0.15) is 0 Å². The van der Waals surface area contributed by atoms with E-state index in [-0.39, 0.29) is 5.91 Å². The highest BCUT2D eigenvalue weighted by molar-refractivity contribution is 5.78. The molecule has 6 nitrogen and oxygen atoms in total. The maximum atomic E-state index is 11.9. The molecule has 0 atom stereocenters. The predicted molar refractivity (Wildman–Crippen MR) is 65.2 cm³/mol. The second-order valence-electron chi connectivity index (χ2n) is 4.66. The van der Waals surface area contributed by atoms with Crippen LogP contribution in [0.25, 0.3) is 0 Å². The Kier molecular flexibility index (Phi) is 4.94. The molecule has 2 aliphatic heterocycles. The van der Waals surface area contributed by atoms with Gasteiger partial charge in [0, 0.05) is 39.6 Å². The quantitative estimate of drug-likeness (QED) is 0.679. The fraction of sp³-hybridized carbons (Fsp3) is 0.917. The summed E-state index contributed by atoms with van der Waals surface area (Å²) in [6, 6.07) is 0. The maximum Gasteiger partial charge on any atom is 0.236 e. The lowest BCUT2D eigenvalue weighted by Gasteiger charge is -2.37. The summed E-state index contributed by atoms with van der Waals surface area (Å²) in [6.07, 6.45) is 1.55. The number of ether oxygens (including phenoxy) is 3. The van der Waals surface area contributed by atoms with Gasteiger partial charge in [0.2, 0.25) is 5.91 Å². The van der Waals surface area contributed by atoms with Crippen LogP contribution in [0, 0.1) is 0 Å². The molecule has 1 N–H and O–H groups in total. The van der Waals surface area contributed by atoms with Crippen molar-refractivity contribution < 1.29 is 19.0 Å². The van der Waals surface area contributed by atoms with Crippen LogP contribution in [-0.2, 0) is 19.0 Å². The van der Waals surface area contributed by atoms with E-state index in [0.29, 0.717) is 46.0 Å². The first-order chi connectivity index (χ1) is 8.76. The molecule has 1 amide bonds. The van der Waals surface area contributed by atoms with Crippen molar-refractivity contribution in [3.8, 4) is 0 Å². The third kappa shape index (κ3) is 3.41. The van der Waals surface area contributed by atoms with Crippen molar-refractivity contribution in [2.24, 2.45) is 0 Å². The summed E-state index contributed by atoms with van der Waals surface area (Å²) >= 11 is 0. The summed E-state index contributed by atoms with van der Waals surface area (Å²) in [7, 11) is 1.65. The largest absolute Gasteiger partial charge is 0.383 e. The molecule has 1 spiro atoms. The number of piperidine rings is 1. The molecular weight excluding hydrogens is 236 g/mol. The molecule has 0 aliphatic carbocycles. The van der Waals surface area contributed by atoms with E-state index in [2.05, 4.69) is 5.32 Å². The van der Waals surface area contributed by atoms with Crippen LogP contribution in [0.3, 0.4) is 0 Å². The predicted octanol–water partition coefficient (Wildman–Crippen LogP) is -0.412. The molecule has 0 aromatic heterocycles. The minimum absolute atomic E-state index is 0.138. The number of likely N-dealkylation sites (tertiary alicyclic amines) is 1. The lowest BCUT2D eigenvalue weighted by molar-refractivity contribution is -0.187. The number of amides is 1. The zero-order chi connectivity index (χ0) is 12.8. The number of hydrogen-bond acceptors (Lipinski definition) is 5. The van der Waals surface area contributed by atoms with E-state index in [0.717, 1.165) is 12.8 Å². The van der Waals surface area contributed by atoms with Gasteiger partial charge in [-0.25, -0.2) is 0 Å². The molecule has 104 valence electrons. The number of carbonyl (C=O) groups excluding carboxylic acids is 1. The Hall–Kier alpha value is -0.690. The average Bonchev–Trinajstić information content (AvgIpc) is 2.84. The van der Waals surface area contributed by atoms with Gasteiger partial charge in [-0.3, -0.25) is 4.79 Å². The Morgan fingerprint density at radius 1 is 1.33 bits per heavy atom. The topological polar surface area (TPSA) is 60.0 Å². The monoisotopic (exact) mass is 258 g/mol. The van der Waals surface area contributed by atoms with Crippen LogP contribution in [0.5, 0.6) is 0 Å². The fourth-order valence-electron chi connectivity index (χ4n) is 2.36. The van der Waals surface area contributed by atoms with Gasteiger partial charge in [0.25, 0.3) is 0 Å². The first-order valence-corrected chi connectivity index (χ1v) is 6.51. The van der Waals surface area contributed by atoms with Crippen molar-refractivity contribution in [3.63, 3.8) is 0 Å². The lowest BCUT2D eigenvalue weighted by Crippen LogP contribution is -2.49. The number of methoxy groups -OCH3 is 1. The Bertz CT molecular complexity index is 269. The molecule has 18 heavy (non-hydrogen) atoms. The second kappa shape index (κ2) is 6.47. The van der Waals surface area contributed by atoms with Gasteiger partial charge in [0.05, 0.1) is 26.4 Å². The van der Waals surface area contributed by atoms with Gasteiger partial charge in [-0.1, -0.05) is 0 Å². The van der Waals surface area contributed by atoms with Crippen molar-refractivity contribution in [3.05, 3.63) is 0 Å². The first kappa shape index (κ1) is 13.7.